The number of ether oxygens (including phenoxy) is 1. The molecule has 1 aromatic rings. The van der Waals surface area contributed by atoms with E-state index in [0.717, 1.165) is 25.7 Å². The van der Waals surface area contributed by atoms with Crippen LogP contribution in [0.1, 0.15) is 42.5 Å². The van der Waals surface area contributed by atoms with Crippen molar-refractivity contribution < 1.29 is 19.2 Å². The van der Waals surface area contributed by atoms with Crippen LogP contribution in [0.3, 0.4) is 0 Å². The molecule has 1 amide bonds. The molecule has 1 aliphatic heterocycles. The molecule has 0 aliphatic carbocycles. The van der Waals surface area contributed by atoms with E-state index in [1.807, 2.05) is 0 Å². The van der Waals surface area contributed by atoms with Crippen molar-refractivity contribution in [2.75, 3.05) is 38.7 Å². The molecule has 0 unspecified atom stereocenters. The highest BCUT2D eigenvalue weighted by atomic mass is 16.6. The van der Waals surface area contributed by atoms with Gasteiger partial charge in [0.1, 0.15) is 0 Å². The van der Waals surface area contributed by atoms with Crippen LogP contribution in [-0.4, -0.2) is 55.5 Å². The van der Waals surface area contributed by atoms with Crippen LogP contribution in [0.15, 0.2) is 18.2 Å². The molecular weight excluding hydrogens is 338 g/mol. The summed E-state index contributed by atoms with van der Waals surface area (Å²) in [5.41, 5.74) is 0.377. The third kappa shape index (κ3) is 5.18. The number of carbonyl (C=O) groups is 2. The first-order valence-corrected chi connectivity index (χ1v) is 8.81. The van der Waals surface area contributed by atoms with Crippen molar-refractivity contribution in [1.29, 1.82) is 0 Å². The zero-order valence-electron chi connectivity index (χ0n) is 15.3. The van der Waals surface area contributed by atoms with Crippen molar-refractivity contribution in [3.8, 4) is 0 Å². The van der Waals surface area contributed by atoms with E-state index >= 15 is 0 Å². The fourth-order valence-corrected chi connectivity index (χ4v) is 2.98. The third-order valence-corrected chi connectivity index (χ3v) is 4.43. The van der Waals surface area contributed by atoms with E-state index in [1.54, 1.807) is 23.9 Å². The van der Waals surface area contributed by atoms with Gasteiger partial charge in [-0.05, 0) is 18.9 Å². The van der Waals surface area contributed by atoms with E-state index in [4.69, 9.17) is 4.74 Å². The zero-order chi connectivity index (χ0) is 19.1. The molecule has 1 aromatic carbocycles. The number of likely N-dealkylation sites (tertiary alicyclic amines) is 1. The topological polar surface area (TPSA) is 93.0 Å². The Balaban J connectivity index is 2.05. The van der Waals surface area contributed by atoms with Crippen LogP contribution in [0.5, 0.6) is 0 Å². The lowest BCUT2D eigenvalue weighted by atomic mass is 10.1. The van der Waals surface area contributed by atoms with Gasteiger partial charge in [0.05, 0.1) is 16.2 Å². The molecule has 0 bridgehead atoms. The van der Waals surface area contributed by atoms with Gasteiger partial charge in [0, 0.05) is 39.3 Å². The number of hydrogen-bond acceptors (Lipinski definition) is 6. The Hall–Kier alpha value is -2.64. The van der Waals surface area contributed by atoms with Crippen LogP contribution in [0.4, 0.5) is 11.4 Å². The Kier molecular flexibility index (Phi) is 6.94. The summed E-state index contributed by atoms with van der Waals surface area (Å²) < 4.78 is 5.16. The number of carbonyl (C=O) groups excluding carboxylic acids is 2. The van der Waals surface area contributed by atoms with Gasteiger partial charge in [-0.2, -0.15) is 0 Å². The van der Waals surface area contributed by atoms with E-state index in [1.165, 1.54) is 24.6 Å². The monoisotopic (exact) mass is 363 g/mol. The van der Waals surface area contributed by atoms with Gasteiger partial charge >= 0.3 is 5.97 Å². The van der Waals surface area contributed by atoms with Gasteiger partial charge < -0.3 is 14.5 Å². The molecule has 1 heterocycles. The Labute approximate surface area is 152 Å². The first kappa shape index (κ1) is 19.7. The maximum absolute atomic E-state index is 12.4. The van der Waals surface area contributed by atoms with E-state index in [9.17, 15) is 19.7 Å². The van der Waals surface area contributed by atoms with E-state index in [0.29, 0.717) is 18.8 Å². The quantitative estimate of drug-likeness (QED) is 0.453. The average Bonchev–Trinajstić information content (AvgIpc) is 2.58. The number of non-ortho nitro benzene ring substituents is 1. The normalized spacial score (nSPS) is 14.9. The second kappa shape index (κ2) is 9.17. The van der Waals surface area contributed by atoms with Gasteiger partial charge in [0.25, 0.3) is 11.6 Å². The summed E-state index contributed by atoms with van der Waals surface area (Å²) in [4.78, 5) is 38.5. The van der Waals surface area contributed by atoms with Gasteiger partial charge in [0.15, 0.2) is 6.61 Å². The molecule has 0 atom stereocenters. The summed E-state index contributed by atoms with van der Waals surface area (Å²) >= 11 is 0. The number of anilines is 1. The SMILES string of the molecule is CN(C)c1ccc([N+](=O)[O-])cc1C(=O)OCC(=O)N1CCCCCCC1. The van der Waals surface area contributed by atoms with Crippen LogP contribution in [0.2, 0.25) is 0 Å². The average molecular weight is 363 g/mol. The number of nitro groups is 1. The number of nitrogens with zero attached hydrogens (tertiary/aromatic N) is 3. The van der Waals surface area contributed by atoms with E-state index in [-0.39, 0.29) is 23.8 Å². The summed E-state index contributed by atoms with van der Waals surface area (Å²) in [5, 5.41) is 11.0. The number of hydrogen-bond donors (Lipinski definition) is 0. The summed E-state index contributed by atoms with van der Waals surface area (Å²) in [7, 11) is 3.45. The minimum absolute atomic E-state index is 0.0738. The molecular formula is C18H25N3O5. The minimum atomic E-state index is -0.738. The van der Waals surface area contributed by atoms with Crippen molar-refractivity contribution in [2.24, 2.45) is 0 Å². The largest absolute Gasteiger partial charge is 0.452 e. The Morgan fingerprint density at radius 3 is 2.35 bits per heavy atom. The molecule has 8 nitrogen and oxygen atoms in total. The first-order chi connectivity index (χ1) is 12.4. The molecule has 1 fully saturated rings. The first-order valence-electron chi connectivity index (χ1n) is 8.81. The summed E-state index contributed by atoms with van der Waals surface area (Å²) in [5.74, 6) is -0.963. The number of nitro benzene ring substituents is 1. The molecule has 0 N–H and O–H groups in total. The zero-order valence-corrected chi connectivity index (χ0v) is 15.3. The lowest BCUT2D eigenvalue weighted by molar-refractivity contribution is -0.384. The fraction of sp³-hybridized carbons (Fsp3) is 0.556. The van der Waals surface area contributed by atoms with Crippen molar-refractivity contribution in [1.82, 2.24) is 4.90 Å². The van der Waals surface area contributed by atoms with Crippen LogP contribution in [0, 0.1) is 10.1 Å². The van der Waals surface area contributed by atoms with E-state index < -0.39 is 10.9 Å². The van der Waals surface area contributed by atoms with Crippen LogP contribution in [0.25, 0.3) is 0 Å². The van der Waals surface area contributed by atoms with Gasteiger partial charge in [0.2, 0.25) is 0 Å². The fourth-order valence-electron chi connectivity index (χ4n) is 2.98. The van der Waals surface area contributed by atoms with Crippen LogP contribution < -0.4 is 4.90 Å². The number of rotatable bonds is 5. The van der Waals surface area contributed by atoms with Crippen molar-refractivity contribution in [3.63, 3.8) is 0 Å². The predicted molar refractivity (Wildman–Crippen MR) is 97.4 cm³/mol. The number of benzene rings is 1. The smallest absolute Gasteiger partial charge is 0.341 e. The lowest BCUT2D eigenvalue weighted by Crippen LogP contribution is -2.37. The summed E-state index contributed by atoms with van der Waals surface area (Å²) in [6.45, 7) is 1.00. The molecule has 1 saturated heterocycles. The molecule has 8 heteroatoms. The second-order valence-corrected chi connectivity index (χ2v) is 6.58. The predicted octanol–water partition coefficient (Wildman–Crippen LogP) is 2.61. The minimum Gasteiger partial charge on any atom is -0.452 e. The summed E-state index contributed by atoms with van der Waals surface area (Å²) in [6.07, 6.45) is 5.30. The molecule has 0 saturated carbocycles. The van der Waals surface area contributed by atoms with Gasteiger partial charge in [-0.25, -0.2) is 4.79 Å². The van der Waals surface area contributed by atoms with Gasteiger partial charge in [-0.3, -0.25) is 14.9 Å². The van der Waals surface area contributed by atoms with Gasteiger partial charge in [-0.1, -0.05) is 19.3 Å². The molecule has 26 heavy (non-hydrogen) atoms. The Bertz CT molecular complexity index is 667. The Morgan fingerprint density at radius 1 is 1.15 bits per heavy atom. The van der Waals surface area contributed by atoms with Gasteiger partial charge in [-0.15, -0.1) is 0 Å². The molecule has 0 radical (unpaired) electrons. The molecule has 142 valence electrons. The highest BCUT2D eigenvalue weighted by Gasteiger charge is 2.21. The van der Waals surface area contributed by atoms with E-state index in [2.05, 4.69) is 0 Å². The molecule has 0 spiro atoms. The number of esters is 1. The molecule has 1 aliphatic rings. The standard InChI is InChI=1S/C18H25N3O5/c1-19(2)16-9-8-14(21(24)25)12-15(16)18(23)26-13-17(22)20-10-6-4-3-5-7-11-20/h8-9,12H,3-7,10-11,13H2,1-2H3. The van der Waals surface area contributed by atoms with Crippen molar-refractivity contribution in [3.05, 3.63) is 33.9 Å². The van der Waals surface area contributed by atoms with Crippen LogP contribution in [-0.2, 0) is 9.53 Å². The van der Waals surface area contributed by atoms with Crippen molar-refractivity contribution in [2.45, 2.75) is 32.1 Å². The molecule has 0 aromatic heterocycles. The van der Waals surface area contributed by atoms with Crippen molar-refractivity contribution >= 4 is 23.3 Å². The highest BCUT2D eigenvalue weighted by Crippen LogP contribution is 2.25. The maximum Gasteiger partial charge on any atom is 0.341 e. The lowest BCUT2D eigenvalue weighted by Gasteiger charge is -2.24. The second-order valence-electron chi connectivity index (χ2n) is 6.58. The summed E-state index contributed by atoms with van der Waals surface area (Å²) in [6, 6.07) is 4.00. The molecule has 2 rings (SSSR count). The highest BCUT2D eigenvalue weighted by molar-refractivity contribution is 5.97. The van der Waals surface area contributed by atoms with Crippen LogP contribution >= 0.6 is 0 Å². The Morgan fingerprint density at radius 2 is 1.77 bits per heavy atom. The third-order valence-electron chi connectivity index (χ3n) is 4.43. The number of amides is 1. The maximum atomic E-state index is 12.4.